The summed E-state index contributed by atoms with van der Waals surface area (Å²) in [6, 6.07) is -0.347. The van der Waals surface area contributed by atoms with Crippen molar-refractivity contribution in [3.05, 3.63) is 17.7 Å². The van der Waals surface area contributed by atoms with Gasteiger partial charge in [0.05, 0.1) is 17.5 Å². The van der Waals surface area contributed by atoms with Gasteiger partial charge in [0.15, 0.2) is 9.84 Å². The van der Waals surface area contributed by atoms with E-state index in [2.05, 4.69) is 21.8 Å². The maximum absolute atomic E-state index is 12.6. The van der Waals surface area contributed by atoms with Gasteiger partial charge in [-0.05, 0) is 12.3 Å². The molecule has 0 aromatic carbocycles. The number of nitrogens with one attached hydrogen (secondary N) is 1. The zero-order chi connectivity index (χ0) is 19.6. The van der Waals surface area contributed by atoms with Gasteiger partial charge in [0, 0.05) is 50.4 Å². The molecule has 1 aromatic rings. The first-order chi connectivity index (χ1) is 12.8. The van der Waals surface area contributed by atoms with Crippen LogP contribution in [0.5, 0.6) is 0 Å². The number of imidazole rings is 1. The number of nitrogens with zero attached hydrogens (tertiary/aromatic N) is 3. The lowest BCUT2D eigenvalue weighted by Crippen LogP contribution is -2.60. The number of carbonyl (C=O) groups is 1. The molecule has 8 heteroatoms. The van der Waals surface area contributed by atoms with E-state index in [9.17, 15) is 13.2 Å². The van der Waals surface area contributed by atoms with Crippen molar-refractivity contribution >= 4 is 15.7 Å². The van der Waals surface area contributed by atoms with Crippen LogP contribution in [0.3, 0.4) is 0 Å². The third kappa shape index (κ3) is 4.90. The Labute approximate surface area is 162 Å². The topological polar surface area (TPSA) is 86.4 Å². The molecule has 0 saturated carbocycles. The summed E-state index contributed by atoms with van der Waals surface area (Å²) in [5.74, 6) is 1.58. The summed E-state index contributed by atoms with van der Waals surface area (Å²) >= 11 is 0. The van der Waals surface area contributed by atoms with Gasteiger partial charge in [0.1, 0.15) is 5.82 Å². The molecule has 2 atom stereocenters. The number of rotatable bonds is 7. The van der Waals surface area contributed by atoms with E-state index >= 15 is 0 Å². The molecule has 152 valence electrons. The molecule has 0 aliphatic carbocycles. The van der Waals surface area contributed by atoms with E-state index in [1.807, 2.05) is 24.9 Å². The maximum Gasteiger partial charge on any atom is 0.223 e. The largest absolute Gasteiger partial charge is 0.345 e. The van der Waals surface area contributed by atoms with Gasteiger partial charge in [-0.25, -0.2) is 13.4 Å². The van der Waals surface area contributed by atoms with Gasteiger partial charge in [-0.1, -0.05) is 27.2 Å². The number of sulfone groups is 1. The average molecular weight is 397 g/mol. The van der Waals surface area contributed by atoms with Crippen LogP contribution in [0.25, 0.3) is 0 Å². The number of unbranched alkanes of at least 4 members (excludes halogenated alkanes) is 1. The van der Waals surface area contributed by atoms with Gasteiger partial charge in [-0.3, -0.25) is 9.69 Å². The minimum Gasteiger partial charge on any atom is -0.345 e. The fourth-order valence-electron chi connectivity index (χ4n) is 4.17. The van der Waals surface area contributed by atoms with Crippen LogP contribution < -0.4 is 0 Å². The van der Waals surface area contributed by atoms with E-state index in [0.717, 1.165) is 30.8 Å². The van der Waals surface area contributed by atoms with Gasteiger partial charge in [-0.2, -0.15) is 0 Å². The van der Waals surface area contributed by atoms with Gasteiger partial charge in [0.25, 0.3) is 0 Å². The number of fused-ring (bicyclic) bond motifs is 1. The number of H-pyrrole nitrogens is 1. The molecule has 27 heavy (non-hydrogen) atoms. The molecule has 7 nitrogen and oxygen atoms in total. The lowest BCUT2D eigenvalue weighted by molar-refractivity contribution is -0.137. The Bertz CT molecular complexity index is 759. The van der Waals surface area contributed by atoms with Crippen LogP contribution in [0.2, 0.25) is 0 Å². The molecule has 3 heterocycles. The van der Waals surface area contributed by atoms with Crippen LogP contribution >= 0.6 is 0 Å². The first-order valence-corrected chi connectivity index (χ1v) is 11.9. The lowest BCUT2D eigenvalue weighted by atomic mass is 10.0. The highest BCUT2D eigenvalue weighted by Gasteiger charge is 2.47. The molecule has 1 N–H and O–H groups in total. The zero-order valence-electron chi connectivity index (χ0n) is 16.6. The standard InChI is InChI=1S/C19H32N4O3S/c1-4-5-6-18-20-10-15(21-18)11-22-7-8-23(19(24)9-14(2)3)17-13-27(25,26)12-16(17)22/h10,14,16-17H,4-9,11-13H2,1-3H3,(H,20,21)/t16-,17+/m0/s1. The van der Waals surface area contributed by atoms with Crippen LogP contribution in [-0.4, -0.2) is 70.8 Å². The fourth-order valence-corrected chi connectivity index (χ4v) is 6.19. The molecule has 1 amide bonds. The van der Waals surface area contributed by atoms with Gasteiger partial charge in [0.2, 0.25) is 5.91 Å². The van der Waals surface area contributed by atoms with E-state index in [-0.39, 0.29) is 35.4 Å². The normalized spacial score (nSPS) is 25.1. The van der Waals surface area contributed by atoms with Crippen molar-refractivity contribution in [1.82, 2.24) is 19.8 Å². The summed E-state index contributed by atoms with van der Waals surface area (Å²) in [5.41, 5.74) is 1.02. The van der Waals surface area contributed by atoms with Crippen molar-refractivity contribution < 1.29 is 13.2 Å². The van der Waals surface area contributed by atoms with Crippen LogP contribution in [-0.2, 0) is 27.6 Å². The van der Waals surface area contributed by atoms with Crippen molar-refractivity contribution in [3.8, 4) is 0 Å². The third-order valence-corrected chi connectivity index (χ3v) is 7.21. The van der Waals surface area contributed by atoms with E-state index in [1.165, 1.54) is 0 Å². The van der Waals surface area contributed by atoms with Crippen molar-refractivity contribution in [2.24, 2.45) is 5.92 Å². The number of aromatic amines is 1. The molecule has 2 saturated heterocycles. The predicted octanol–water partition coefficient (Wildman–Crippen LogP) is 1.61. The predicted molar refractivity (Wildman–Crippen MR) is 105 cm³/mol. The summed E-state index contributed by atoms with van der Waals surface area (Å²) in [7, 11) is -3.12. The molecule has 2 fully saturated rings. The number of aromatic nitrogens is 2. The Morgan fingerprint density at radius 3 is 2.74 bits per heavy atom. The monoisotopic (exact) mass is 396 g/mol. The fraction of sp³-hybridized carbons (Fsp3) is 0.789. The highest BCUT2D eigenvalue weighted by Crippen LogP contribution is 2.29. The minimum atomic E-state index is -3.12. The minimum absolute atomic E-state index is 0.0835. The van der Waals surface area contributed by atoms with Crippen molar-refractivity contribution in [1.29, 1.82) is 0 Å². The number of aryl methyl sites for hydroxylation is 1. The highest BCUT2D eigenvalue weighted by atomic mass is 32.2. The molecule has 2 aliphatic rings. The molecule has 0 spiro atoms. The van der Waals surface area contributed by atoms with E-state index < -0.39 is 9.84 Å². The number of piperazine rings is 1. The Morgan fingerprint density at radius 2 is 2.04 bits per heavy atom. The second kappa shape index (κ2) is 8.31. The molecular formula is C19H32N4O3S. The summed E-state index contributed by atoms with van der Waals surface area (Å²) in [5, 5.41) is 0. The SMILES string of the molecule is CCCCc1ncc(CN2CCN(C(=O)CC(C)C)[C@@H]3CS(=O)(=O)C[C@@H]32)[nH]1. The van der Waals surface area contributed by atoms with E-state index in [4.69, 9.17) is 0 Å². The first-order valence-electron chi connectivity index (χ1n) is 10.1. The maximum atomic E-state index is 12.6. The Hall–Kier alpha value is -1.41. The van der Waals surface area contributed by atoms with Crippen molar-refractivity contribution in [3.63, 3.8) is 0 Å². The molecule has 0 unspecified atom stereocenters. The molecule has 0 radical (unpaired) electrons. The number of carbonyl (C=O) groups excluding carboxylic acids is 1. The first kappa shape index (κ1) is 20.3. The van der Waals surface area contributed by atoms with Crippen molar-refractivity contribution in [2.75, 3.05) is 24.6 Å². The molecular weight excluding hydrogens is 364 g/mol. The van der Waals surface area contributed by atoms with E-state index in [1.54, 1.807) is 0 Å². The van der Waals surface area contributed by atoms with Gasteiger partial charge < -0.3 is 9.88 Å². The summed E-state index contributed by atoms with van der Waals surface area (Å²) in [4.78, 5) is 24.5. The zero-order valence-corrected chi connectivity index (χ0v) is 17.5. The number of amides is 1. The van der Waals surface area contributed by atoms with Crippen LogP contribution in [0, 0.1) is 5.92 Å². The Kier molecular flexibility index (Phi) is 6.25. The highest BCUT2D eigenvalue weighted by molar-refractivity contribution is 7.91. The summed E-state index contributed by atoms with van der Waals surface area (Å²) in [6.07, 6.45) is 5.51. The quantitative estimate of drug-likeness (QED) is 0.757. The van der Waals surface area contributed by atoms with Crippen LogP contribution in [0.15, 0.2) is 6.20 Å². The summed E-state index contributed by atoms with van der Waals surface area (Å²) < 4.78 is 24.6. The number of hydrogen-bond acceptors (Lipinski definition) is 5. The number of hydrogen-bond donors (Lipinski definition) is 1. The van der Waals surface area contributed by atoms with Crippen LogP contribution in [0.4, 0.5) is 0 Å². The van der Waals surface area contributed by atoms with Gasteiger partial charge in [-0.15, -0.1) is 0 Å². The second-order valence-electron chi connectivity index (χ2n) is 8.33. The van der Waals surface area contributed by atoms with Crippen molar-refractivity contribution in [2.45, 2.75) is 65.1 Å². The van der Waals surface area contributed by atoms with Crippen LogP contribution in [0.1, 0.15) is 51.6 Å². The summed E-state index contributed by atoms with van der Waals surface area (Å²) in [6.45, 7) is 8.15. The van der Waals surface area contributed by atoms with E-state index in [0.29, 0.717) is 26.1 Å². The lowest BCUT2D eigenvalue weighted by Gasteiger charge is -2.44. The Balaban J connectivity index is 1.71. The average Bonchev–Trinajstić information content (AvgIpc) is 3.15. The molecule has 1 aromatic heterocycles. The molecule has 0 bridgehead atoms. The smallest absolute Gasteiger partial charge is 0.223 e. The Morgan fingerprint density at radius 1 is 1.30 bits per heavy atom. The van der Waals surface area contributed by atoms with Gasteiger partial charge >= 0.3 is 0 Å². The second-order valence-corrected chi connectivity index (χ2v) is 10.5. The molecule has 2 aliphatic heterocycles. The third-order valence-electron chi connectivity index (χ3n) is 5.52. The molecule has 3 rings (SSSR count).